The number of hydrogen-bond donors (Lipinski definition) is 2. The molecule has 0 atom stereocenters. The molecule has 0 radical (unpaired) electrons. The second-order valence-corrected chi connectivity index (χ2v) is 7.78. The molecule has 28 heavy (non-hydrogen) atoms. The molecule has 6 heteroatoms. The number of carbonyl (C=O) groups is 1. The van der Waals surface area contributed by atoms with Gasteiger partial charge < -0.3 is 5.32 Å². The van der Waals surface area contributed by atoms with Gasteiger partial charge in [0, 0.05) is 16.8 Å². The first-order valence-electron chi connectivity index (χ1n) is 8.73. The SMILES string of the molecule is Cc1ccc2sc(-c3ccc(NC(=S)NC(=O)c4ccccc4)cc3)nc2c1. The molecule has 0 aliphatic carbocycles. The highest BCUT2D eigenvalue weighted by Crippen LogP contribution is 2.31. The van der Waals surface area contributed by atoms with Crippen LogP contribution in [0.25, 0.3) is 20.8 Å². The molecule has 0 saturated carbocycles. The van der Waals surface area contributed by atoms with E-state index < -0.39 is 0 Å². The van der Waals surface area contributed by atoms with E-state index >= 15 is 0 Å². The highest BCUT2D eigenvalue weighted by molar-refractivity contribution is 7.80. The van der Waals surface area contributed by atoms with Gasteiger partial charge in [0.15, 0.2) is 5.11 Å². The first kappa shape index (κ1) is 18.3. The van der Waals surface area contributed by atoms with Crippen LogP contribution in [0.2, 0.25) is 0 Å². The zero-order valence-electron chi connectivity index (χ0n) is 15.1. The summed E-state index contributed by atoms with van der Waals surface area (Å²) in [5.41, 5.74) is 4.64. The Morgan fingerprint density at radius 3 is 2.50 bits per heavy atom. The maximum absolute atomic E-state index is 12.1. The predicted molar refractivity (Wildman–Crippen MR) is 120 cm³/mol. The van der Waals surface area contributed by atoms with Gasteiger partial charge in [0.25, 0.3) is 5.91 Å². The van der Waals surface area contributed by atoms with Crippen LogP contribution in [0.15, 0.2) is 72.8 Å². The van der Waals surface area contributed by atoms with Crippen molar-refractivity contribution in [1.29, 1.82) is 0 Å². The van der Waals surface area contributed by atoms with E-state index in [4.69, 9.17) is 17.2 Å². The standard InChI is InChI=1S/C22H17N3OS2/c1-14-7-12-19-18(13-14)24-21(28-19)16-8-10-17(11-9-16)23-22(27)25-20(26)15-5-3-2-4-6-15/h2-13H,1H3,(H2,23,25,26,27). The molecule has 0 aliphatic heterocycles. The van der Waals surface area contributed by atoms with Crippen LogP contribution >= 0.6 is 23.6 Å². The number of amides is 1. The van der Waals surface area contributed by atoms with Crippen LogP contribution in [-0.4, -0.2) is 16.0 Å². The van der Waals surface area contributed by atoms with Crippen LogP contribution in [0, 0.1) is 6.92 Å². The van der Waals surface area contributed by atoms with E-state index in [1.165, 1.54) is 10.3 Å². The molecule has 0 unspecified atom stereocenters. The molecular weight excluding hydrogens is 386 g/mol. The minimum Gasteiger partial charge on any atom is -0.332 e. The minimum atomic E-state index is -0.237. The van der Waals surface area contributed by atoms with Crippen molar-refractivity contribution < 1.29 is 4.79 Å². The van der Waals surface area contributed by atoms with Crippen molar-refractivity contribution in [3.63, 3.8) is 0 Å². The second-order valence-electron chi connectivity index (χ2n) is 6.34. The summed E-state index contributed by atoms with van der Waals surface area (Å²) in [6.45, 7) is 2.07. The number of nitrogens with zero attached hydrogens (tertiary/aromatic N) is 1. The molecule has 4 aromatic rings. The van der Waals surface area contributed by atoms with Crippen molar-refractivity contribution in [2.75, 3.05) is 5.32 Å². The highest BCUT2D eigenvalue weighted by Gasteiger charge is 2.09. The Morgan fingerprint density at radius 2 is 1.75 bits per heavy atom. The smallest absolute Gasteiger partial charge is 0.257 e. The lowest BCUT2D eigenvalue weighted by Crippen LogP contribution is -2.34. The van der Waals surface area contributed by atoms with E-state index in [1.54, 1.807) is 23.5 Å². The molecule has 0 saturated heterocycles. The Labute approximate surface area is 172 Å². The average Bonchev–Trinajstić information content (AvgIpc) is 3.12. The van der Waals surface area contributed by atoms with Gasteiger partial charge in [-0.15, -0.1) is 11.3 Å². The normalized spacial score (nSPS) is 10.6. The molecule has 4 rings (SSSR count). The summed E-state index contributed by atoms with van der Waals surface area (Å²) < 4.78 is 1.17. The Kier molecular flexibility index (Phi) is 5.14. The zero-order valence-corrected chi connectivity index (χ0v) is 16.7. The molecule has 138 valence electrons. The lowest BCUT2D eigenvalue weighted by atomic mass is 10.2. The number of thiazole rings is 1. The van der Waals surface area contributed by atoms with E-state index in [0.29, 0.717) is 5.56 Å². The van der Waals surface area contributed by atoms with Gasteiger partial charge in [-0.3, -0.25) is 10.1 Å². The number of benzene rings is 3. The molecule has 0 bridgehead atoms. The fourth-order valence-corrected chi connectivity index (χ4v) is 3.95. The summed E-state index contributed by atoms with van der Waals surface area (Å²) in [6, 6.07) is 23.1. The summed E-state index contributed by atoms with van der Waals surface area (Å²) in [4.78, 5) is 16.9. The van der Waals surface area contributed by atoms with Gasteiger partial charge in [-0.25, -0.2) is 4.98 Å². The van der Waals surface area contributed by atoms with Crippen molar-refractivity contribution in [2.24, 2.45) is 0 Å². The Morgan fingerprint density at radius 1 is 1.00 bits per heavy atom. The van der Waals surface area contributed by atoms with Crippen molar-refractivity contribution in [3.05, 3.63) is 83.9 Å². The second kappa shape index (κ2) is 7.88. The van der Waals surface area contributed by atoms with Crippen molar-refractivity contribution in [2.45, 2.75) is 6.92 Å². The van der Waals surface area contributed by atoms with Gasteiger partial charge >= 0.3 is 0 Å². The van der Waals surface area contributed by atoms with Gasteiger partial charge in [-0.05, 0) is 73.2 Å². The first-order valence-corrected chi connectivity index (χ1v) is 9.96. The zero-order chi connectivity index (χ0) is 19.5. The fourth-order valence-electron chi connectivity index (χ4n) is 2.78. The first-order chi connectivity index (χ1) is 13.6. The van der Waals surface area contributed by atoms with E-state index in [-0.39, 0.29) is 11.0 Å². The number of hydrogen-bond acceptors (Lipinski definition) is 4. The van der Waals surface area contributed by atoms with Crippen LogP contribution in [0.5, 0.6) is 0 Å². The maximum Gasteiger partial charge on any atom is 0.257 e. The molecule has 0 fully saturated rings. The van der Waals surface area contributed by atoms with Gasteiger partial charge in [0.2, 0.25) is 0 Å². The number of nitrogens with one attached hydrogen (secondary N) is 2. The molecular formula is C22H17N3OS2. The monoisotopic (exact) mass is 403 g/mol. The molecule has 2 N–H and O–H groups in total. The van der Waals surface area contributed by atoms with Gasteiger partial charge in [-0.1, -0.05) is 24.3 Å². The fraction of sp³-hybridized carbons (Fsp3) is 0.0455. The molecule has 0 spiro atoms. The van der Waals surface area contributed by atoms with Crippen molar-refractivity contribution >= 4 is 50.5 Å². The lowest BCUT2D eigenvalue weighted by Gasteiger charge is -2.10. The molecule has 1 heterocycles. The number of fused-ring (bicyclic) bond motifs is 1. The molecule has 1 amide bonds. The maximum atomic E-state index is 12.1. The average molecular weight is 404 g/mol. The van der Waals surface area contributed by atoms with Crippen LogP contribution in [-0.2, 0) is 0 Å². The number of thiocarbonyl (C=S) groups is 1. The van der Waals surface area contributed by atoms with Gasteiger partial charge in [0.05, 0.1) is 10.2 Å². The largest absolute Gasteiger partial charge is 0.332 e. The van der Waals surface area contributed by atoms with E-state index in [0.717, 1.165) is 21.8 Å². The summed E-state index contributed by atoms with van der Waals surface area (Å²) in [7, 11) is 0. The summed E-state index contributed by atoms with van der Waals surface area (Å²) >= 11 is 6.91. The highest BCUT2D eigenvalue weighted by atomic mass is 32.1. The third-order valence-corrected chi connectivity index (χ3v) is 5.49. The van der Waals surface area contributed by atoms with Crippen LogP contribution in [0.4, 0.5) is 5.69 Å². The lowest BCUT2D eigenvalue weighted by molar-refractivity contribution is 0.0977. The third kappa shape index (κ3) is 4.08. The predicted octanol–water partition coefficient (Wildman–Crippen LogP) is 5.40. The number of aryl methyl sites for hydroxylation is 1. The Bertz CT molecular complexity index is 1150. The van der Waals surface area contributed by atoms with E-state index in [9.17, 15) is 4.79 Å². The quantitative estimate of drug-likeness (QED) is 0.450. The van der Waals surface area contributed by atoms with Gasteiger partial charge in [0.1, 0.15) is 5.01 Å². The summed E-state index contributed by atoms with van der Waals surface area (Å²) in [5, 5.41) is 6.96. The molecule has 3 aromatic carbocycles. The topological polar surface area (TPSA) is 54.0 Å². The molecule has 4 nitrogen and oxygen atoms in total. The van der Waals surface area contributed by atoms with Crippen LogP contribution in [0.3, 0.4) is 0 Å². The third-order valence-electron chi connectivity index (χ3n) is 4.20. The minimum absolute atomic E-state index is 0.237. The number of rotatable bonds is 3. The van der Waals surface area contributed by atoms with E-state index in [2.05, 4.69) is 35.8 Å². The Balaban J connectivity index is 1.44. The Hall–Kier alpha value is -3.09. The number of carbonyl (C=O) groups excluding carboxylic acids is 1. The summed E-state index contributed by atoms with van der Waals surface area (Å²) in [6.07, 6.45) is 0. The van der Waals surface area contributed by atoms with Crippen LogP contribution < -0.4 is 10.6 Å². The van der Waals surface area contributed by atoms with Gasteiger partial charge in [-0.2, -0.15) is 0 Å². The molecule has 0 aliphatic rings. The summed E-state index contributed by atoms with van der Waals surface area (Å²) in [5.74, 6) is -0.237. The van der Waals surface area contributed by atoms with Crippen LogP contribution in [0.1, 0.15) is 15.9 Å². The molecule has 1 aromatic heterocycles. The van der Waals surface area contributed by atoms with E-state index in [1.807, 2.05) is 42.5 Å². The van der Waals surface area contributed by atoms with Crippen molar-refractivity contribution in [3.8, 4) is 10.6 Å². The number of aromatic nitrogens is 1. The number of anilines is 1. The van der Waals surface area contributed by atoms with Crippen molar-refractivity contribution in [1.82, 2.24) is 10.3 Å².